The third kappa shape index (κ3) is 5.48. The Morgan fingerprint density at radius 2 is 1.31 bits per heavy atom. The number of nitrogens with zero attached hydrogens (tertiary/aromatic N) is 2. The zero-order chi connectivity index (χ0) is 24.2. The van der Waals surface area contributed by atoms with Crippen LogP contribution in [0.3, 0.4) is 0 Å². The van der Waals surface area contributed by atoms with Crippen molar-refractivity contribution in [3.05, 3.63) is 124 Å². The van der Waals surface area contributed by atoms with E-state index in [2.05, 4.69) is 10.6 Å². The molecule has 5 nitrogen and oxygen atoms in total. The molecule has 174 valence electrons. The minimum absolute atomic E-state index is 0.0869. The van der Waals surface area contributed by atoms with Crippen LogP contribution in [0.1, 0.15) is 17.0 Å². The molecule has 5 rings (SSSR count). The SMILES string of the molecule is O=C(Nc1ccc(Cl)cc1)N1CC(c2ccc(Cl)cc2)C(c2ccc(Nc3ccccc3)cc2)=N1. The van der Waals surface area contributed by atoms with Gasteiger partial charge in [-0.25, -0.2) is 9.80 Å². The van der Waals surface area contributed by atoms with E-state index in [0.717, 1.165) is 28.2 Å². The molecule has 0 spiro atoms. The molecule has 0 radical (unpaired) electrons. The van der Waals surface area contributed by atoms with Crippen molar-refractivity contribution in [3.8, 4) is 0 Å². The lowest BCUT2D eigenvalue weighted by Gasteiger charge is -2.16. The van der Waals surface area contributed by atoms with Crippen LogP contribution in [0.25, 0.3) is 0 Å². The van der Waals surface area contributed by atoms with Gasteiger partial charge >= 0.3 is 6.03 Å². The molecule has 4 aromatic carbocycles. The highest BCUT2D eigenvalue weighted by Crippen LogP contribution is 2.31. The van der Waals surface area contributed by atoms with Crippen LogP contribution in [0, 0.1) is 0 Å². The molecule has 35 heavy (non-hydrogen) atoms. The second-order valence-electron chi connectivity index (χ2n) is 8.18. The van der Waals surface area contributed by atoms with E-state index in [9.17, 15) is 4.79 Å². The van der Waals surface area contributed by atoms with Crippen LogP contribution in [0.5, 0.6) is 0 Å². The number of halogens is 2. The Morgan fingerprint density at radius 3 is 1.97 bits per heavy atom. The molecule has 0 bridgehead atoms. The van der Waals surface area contributed by atoms with E-state index in [1.165, 1.54) is 5.01 Å². The summed E-state index contributed by atoms with van der Waals surface area (Å²) >= 11 is 12.1. The van der Waals surface area contributed by atoms with E-state index in [-0.39, 0.29) is 11.9 Å². The smallest absolute Gasteiger partial charge is 0.342 e. The molecule has 2 amide bonds. The number of carbonyl (C=O) groups is 1. The second kappa shape index (κ2) is 10.2. The standard InChI is InChI=1S/C28H22Cl2N4O/c29-21-10-6-19(7-11-21)26-18-34(28(35)32-25-16-12-22(30)13-17-25)33-27(26)20-8-14-24(15-9-20)31-23-4-2-1-3-5-23/h1-17,26,31H,18H2,(H,32,35). The number of hydrogen-bond donors (Lipinski definition) is 2. The molecule has 1 heterocycles. The molecule has 2 N–H and O–H groups in total. The highest BCUT2D eigenvalue weighted by Gasteiger charge is 2.32. The van der Waals surface area contributed by atoms with Gasteiger partial charge in [-0.3, -0.25) is 0 Å². The maximum absolute atomic E-state index is 13.0. The molecule has 0 aliphatic carbocycles. The van der Waals surface area contributed by atoms with E-state index in [4.69, 9.17) is 28.3 Å². The molecule has 1 aliphatic rings. The zero-order valence-electron chi connectivity index (χ0n) is 18.7. The minimum Gasteiger partial charge on any atom is -0.356 e. The van der Waals surface area contributed by atoms with Crippen LogP contribution < -0.4 is 10.6 Å². The molecule has 1 unspecified atom stereocenters. The second-order valence-corrected chi connectivity index (χ2v) is 9.05. The lowest BCUT2D eigenvalue weighted by molar-refractivity contribution is 0.218. The summed E-state index contributed by atoms with van der Waals surface area (Å²) in [5, 5.41) is 13.8. The topological polar surface area (TPSA) is 56.7 Å². The first kappa shape index (κ1) is 23.0. The molecule has 1 atom stereocenters. The first-order valence-corrected chi connectivity index (χ1v) is 11.9. The first-order chi connectivity index (χ1) is 17.0. The van der Waals surface area contributed by atoms with Gasteiger partial charge in [0, 0.05) is 33.0 Å². The largest absolute Gasteiger partial charge is 0.356 e. The summed E-state index contributed by atoms with van der Waals surface area (Å²) in [5.74, 6) is -0.0869. The molecular formula is C28H22Cl2N4O. The fraction of sp³-hybridized carbons (Fsp3) is 0.0714. The van der Waals surface area contributed by atoms with Crippen molar-refractivity contribution in [1.29, 1.82) is 0 Å². The number of hydrazone groups is 1. The first-order valence-electron chi connectivity index (χ1n) is 11.2. The van der Waals surface area contributed by atoms with Gasteiger partial charge in [-0.2, -0.15) is 5.10 Å². The van der Waals surface area contributed by atoms with E-state index < -0.39 is 0 Å². The van der Waals surface area contributed by atoms with Gasteiger partial charge in [-0.05, 0) is 71.8 Å². The maximum atomic E-state index is 13.0. The predicted molar refractivity (Wildman–Crippen MR) is 144 cm³/mol. The molecule has 7 heteroatoms. The number of anilines is 3. The fourth-order valence-electron chi connectivity index (χ4n) is 3.98. The van der Waals surface area contributed by atoms with Gasteiger partial charge in [-0.1, -0.05) is 65.7 Å². The molecule has 0 saturated carbocycles. The third-order valence-corrected chi connectivity index (χ3v) is 6.26. The molecule has 0 saturated heterocycles. The number of amides is 2. The third-order valence-electron chi connectivity index (χ3n) is 5.76. The van der Waals surface area contributed by atoms with Crippen molar-refractivity contribution in [2.75, 3.05) is 17.2 Å². The Morgan fingerprint density at radius 1 is 0.743 bits per heavy atom. The van der Waals surface area contributed by atoms with Crippen molar-refractivity contribution < 1.29 is 4.79 Å². The molecule has 1 aliphatic heterocycles. The summed E-state index contributed by atoms with van der Waals surface area (Å²) in [6, 6.07) is 32.4. The summed E-state index contributed by atoms with van der Waals surface area (Å²) in [6.45, 7) is 0.417. The van der Waals surface area contributed by atoms with Gasteiger partial charge < -0.3 is 10.6 Å². The quantitative estimate of drug-likeness (QED) is 0.294. The van der Waals surface area contributed by atoms with Crippen LogP contribution in [0.15, 0.2) is 108 Å². The lowest BCUT2D eigenvalue weighted by atomic mass is 9.90. The Balaban J connectivity index is 1.40. The number of urea groups is 1. The van der Waals surface area contributed by atoms with Crippen molar-refractivity contribution in [2.24, 2.45) is 5.10 Å². The molecule has 0 fully saturated rings. The van der Waals surface area contributed by atoms with Crippen LogP contribution in [0.4, 0.5) is 21.9 Å². The van der Waals surface area contributed by atoms with E-state index in [1.54, 1.807) is 24.3 Å². The highest BCUT2D eigenvalue weighted by molar-refractivity contribution is 6.30. The van der Waals surface area contributed by atoms with Gasteiger partial charge in [0.05, 0.1) is 12.3 Å². The highest BCUT2D eigenvalue weighted by atomic mass is 35.5. The number of para-hydroxylation sites is 1. The van der Waals surface area contributed by atoms with Crippen LogP contribution in [-0.2, 0) is 0 Å². The van der Waals surface area contributed by atoms with E-state index in [0.29, 0.717) is 22.3 Å². The summed E-state index contributed by atoms with van der Waals surface area (Å²) in [7, 11) is 0. The number of rotatable bonds is 5. The Kier molecular flexibility index (Phi) is 6.70. The average molecular weight is 501 g/mol. The van der Waals surface area contributed by atoms with E-state index >= 15 is 0 Å². The van der Waals surface area contributed by atoms with E-state index in [1.807, 2.05) is 78.9 Å². The van der Waals surface area contributed by atoms with Gasteiger partial charge in [0.25, 0.3) is 0 Å². The number of hydrogen-bond acceptors (Lipinski definition) is 3. The predicted octanol–water partition coefficient (Wildman–Crippen LogP) is 7.77. The normalized spacial score (nSPS) is 15.0. The zero-order valence-corrected chi connectivity index (χ0v) is 20.2. The van der Waals surface area contributed by atoms with Crippen LogP contribution in [0.2, 0.25) is 10.0 Å². The van der Waals surface area contributed by atoms with Gasteiger partial charge in [0.2, 0.25) is 0 Å². The fourth-order valence-corrected chi connectivity index (χ4v) is 4.23. The van der Waals surface area contributed by atoms with Crippen LogP contribution in [-0.4, -0.2) is 23.3 Å². The minimum atomic E-state index is -0.302. The maximum Gasteiger partial charge on any atom is 0.342 e. The lowest BCUT2D eigenvalue weighted by Crippen LogP contribution is -2.30. The van der Waals surface area contributed by atoms with Crippen molar-refractivity contribution >= 4 is 52.0 Å². The summed E-state index contributed by atoms with van der Waals surface area (Å²) in [5.41, 5.74) is 5.46. The van der Waals surface area contributed by atoms with Crippen molar-refractivity contribution in [1.82, 2.24) is 5.01 Å². The Labute approximate surface area is 214 Å². The van der Waals surface area contributed by atoms with Gasteiger partial charge in [0.1, 0.15) is 0 Å². The summed E-state index contributed by atoms with van der Waals surface area (Å²) in [6.07, 6.45) is 0. The average Bonchev–Trinajstić information content (AvgIpc) is 3.33. The number of benzene rings is 4. The summed E-state index contributed by atoms with van der Waals surface area (Å²) < 4.78 is 0. The monoisotopic (exact) mass is 500 g/mol. The van der Waals surface area contributed by atoms with Crippen LogP contribution >= 0.6 is 23.2 Å². The number of nitrogens with one attached hydrogen (secondary N) is 2. The van der Waals surface area contributed by atoms with Crippen molar-refractivity contribution in [2.45, 2.75) is 5.92 Å². The Bertz CT molecular complexity index is 1340. The van der Waals surface area contributed by atoms with Crippen molar-refractivity contribution in [3.63, 3.8) is 0 Å². The van der Waals surface area contributed by atoms with Gasteiger partial charge in [0.15, 0.2) is 0 Å². The van der Waals surface area contributed by atoms with Gasteiger partial charge in [-0.15, -0.1) is 0 Å². The molecule has 4 aromatic rings. The number of carbonyl (C=O) groups excluding carboxylic acids is 1. The molecule has 0 aromatic heterocycles. The summed E-state index contributed by atoms with van der Waals surface area (Å²) in [4.78, 5) is 13.0. The molecular weight excluding hydrogens is 479 g/mol. The Hall–Kier alpha value is -3.80.